The van der Waals surface area contributed by atoms with Gasteiger partial charge in [0.1, 0.15) is 5.75 Å². The van der Waals surface area contributed by atoms with Gasteiger partial charge in [-0.25, -0.2) is 0 Å². The maximum Gasteiger partial charge on any atom is 0.387 e. The van der Waals surface area contributed by atoms with E-state index in [-0.39, 0.29) is 5.75 Å². The minimum absolute atomic E-state index is 0.111. The highest BCUT2D eigenvalue weighted by molar-refractivity contribution is 5.22. The molecule has 1 N–H and O–H groups in total. The van der Waals surface area contributed by atoms with Crippen molar-refractivity contribution < 1.29 is 13.5 Å². The Labute approximate surface area is 86.5 Å². The van der Waals surface area contributed by atoms with Crippen LogP contribution in [0.3, 0.4) is 0 Å². The zero-order valence-electron chi connectivity index (χ0n) is 8.12. The van der Waals surface area contributed by atoms with Crippen LogP contribution in [-0.4, -0.2) is 24.7 Å². The fraction of sp³-hybridized carbons (Fsp3) is 0.500. The van der Waals surface area contributed by atoms with Gasteiger partial charge in [0.25, 0.3) is 0 Å². The molecule has 2 heterocycles. The Balaban J connectivity index is 2.03. The van der Waals surface area contributed by atoms with Crippen LogP contribution in [0.4, 0.5) is 8.78 Å². The second-order valence-corrected chi connectivity index (χ2v) is 3.49. The summed E-state index contributed by atoms with van der Waals surface area (Å²) in [6, 6.07) is 3.28. The van der Waals surface area contributed by atoms with Crippen molar-refractivity contribution in [2.45, 2.75) is 19.0 Å². The van der Waals surface area contributed by atoms with E-state index in [1.54, 1.807) is 6.07 Å². The first-order valence-corrected chi connectivity index (χ1v) is 4.87. The molecule has 1 aliphatic heterocycles. The number of nitrogens with one attached hydrogen (secondary N) is 1. The molecule has 3 nitrogen and oxygen atoms in total. The van der Waals surface area contributed by atoms with Gasteiger partial charge >= 0.3 is 6.61 Å². The summed E-state index contributed by atoms with van der Waals surface area (Å²) in [7, 11) is 0. The Bertz CT molecular complexity index is 310. The van der Waals surface area contributed by atoms with E-state index in [1.165, 1.54) is 12.3 Å². The molecular formula is C10H12F2N2O. The Morgan fingerprint density at radius 2 is 2.33 bits per heavy atom. The van der Waals surface area contributed by atoms with Crippen molar-refractivity contribution in [1.29, 1.82) is 0 Å². The maximum atomic E-state index is 11.9. The number of hydrogen-bond donors (Lipinski definition) is 1. The first kappa shape index (κ1) is 10.3. The molecule has 0 aromatic carbocycles. The SMILES string of the molecule is FC(F)Oc1ccc([C@@H]2CCNC2)nc1. The summed E-state index contributed by atoms with van der Waals surface area (Å²) in [5, 5.41) is 3.23. The molecule has 2 rings (SSSR count). The summed E-state index contributed by atoms with van der Waals surface area (Å²) in [5.41, 5.74) is 0.932. The molecular weight excluding hydrogens is 202 g/mol. The lowest BCUT2D eigenvalue weighted by molar-refractivity contribution is -0.0500. The first-order valence-electron chi connectivity index (χ1n) is 4.87. The summed E-state index contributed by atoms with van der Waals surface area (Å²) >= 11 is 0. The fourth-order valence-electron chi connectivity index (χ4n) is 1.71. The molecule has 1 aliphatic rings. The zero-order valence-corrected chi connectivity index (χ0v) is 8.12. The van der Waals surface area contributed by atoms with Crippen LogP contribution in [0, 0.1) is 0 Å². The number of ether oxygens (including phenoxy) is 1. The molecule has 0 bridgehead atoms. The van der Waals surface area contributed by atoms with E-state index >= 15 is 0 Å². The van der Waals surface area contributed by atoms with Gasteiger partial charge in [0.15, 0.2) is 0 Å². The Hall–Kier alpha value is -1.23. The van der Waals surface area contributed by atoms with Crippen LogP contribution in [-0.2, 0) is 0 Å². The maximum absolute atomic E-state index is 11.9. The van der Waals surface area contributed by atoms with Crippen LogP contribution in [0.2, 0.25) is 0 Å². The molecule has 1 fully saturated rings. The number of hydrogen-bond acceptors (Lipinski definition) is 3. The summed E-state index contributed by atoms with van der Waals surface area (Å²) in [5.74, 6) is 0.505. The molecule has 1 aromatic heterocycles. The first-order chi connectivity index (χ1) is 7.25. The van der Waals surface area contributed by atoms with E-state index in [1.807, 2.05) is 0 Å². The molecule has 0 spiro atoms. The average molecular weight is 214 g/mol. The topological polar surface area (TPSA) is 34.1 Å². The molecule has 0 saturated carbocycles. The van der Waals surface area contributed by atoms with Gasteiger partial charge in [-0.1, -0.05) is 0 Å². The minimum atomic E-state index is -2.79. The van der Waals surface area contributed by atoms with Gasteiger partial charge < -0.3 is 10.1 Å². The molecule has 82 valence electrons. The quantitative estimate of drug-likeness (QED) is 0.832. The summed E-state index contributed by atoms with van der Waals surface area (Å²) in [6.45, 7) is -0.894. The highest BCUT2D eigenvalue weighted by Gasteiger charge is 2.17. The molecule has 5 heteroatoms. The van der Waals surface area contributed by atoms with Crippen molar-refractivity contribution >= 4 is 0 Å². The summed E-state index contributed by atoms with van der Waals surface area (Å²) < 4.78 is 27.9. The average Bonchev–Trinajstić information content (AvgIpc) is 2.71. The predicted molar refractivity (Wildman–Crippen MR) is 51.1 cm³/mol. The molecule has 0 unspecified atom stereocenters. The van der Waals surface area contributed by atoms with E-state index < -0.39 is 6.61 Å². The smallest absolute Gasteiger partial charge is 0.387 e. The monoisotopic (exact) mass is 214 g/mol. The van der Waals surface area contributed by atoms with Gasteiger partial charge in [0.05, 0.1) is 6.20 Å². The molecule has 0 amide bonds. The van der Waals surface area contributed by atoms with Crippen LogP contribution in [0.5, 0.6) is 5.75 Å². The van der Waals surface area contributed by atoms with Crippen LogP contribution in [0.15, 0.2) is 18.3 Å². The number of halogens is 2. The lowest BCUT2D eigenvalue weighted by Crippen LogP contribution is -2.09. The lowest BCUT2D eigenvalue weighted by Gasteiger charge is -2.08. The van der Waals surface area contributed by atoms with E-state index in [2.05, 4.69) is 15.0 Å². The van der Waals surface area contributed by atoms with E-state index in [4.69, 9.17) is 0 Å². The number of nitrogens with zero attached hydrogens (tertiary/aromatic N) is 1. The molecule has 0 radical (unpaired) electrons. The van der Waals surface area contributed by atoms with Gasteiger partial charge in [-0.2, -0.15) is 8.78 Å². The van der Waals surface area contributed by atoms with Crippen LogP contribution < -0.4 is 10.1 Å². The fourth-order valence-corrected chi connectivity index (χ4v) is 1.71. The number of aromatic nitrogens is 1. The zero-order chi connectivity index (χ0) is 10.7. The lowest BCUT2D eigenvalue weighted by atomic mass is 10.0. The predicted octanol–water partition coefficient (Wildman–Crippen LogP) is 1.76. The van der Waals surface area contributed by atoms with Gasteiger partial charge in [-0.05, 0) is 25.1 Å². The van der Waals surface area contributed by atoms with Crippen LogP contribution >= 0.6 is 0 Å². The van der Waals surface area contributed by atoms with Gasteiger partial charge in [-0.15, -0.1) is 0 Å². The highest BCUT2D eigenvalue weighted by atomic mass is 19.3. The van der Waals surface area contributed by atoms with Gasteiger partial charge in [0.2, 0.25) is 0 Å². The standard InChI is InChI=1S/C10H12F2N2O/c11-10(12)15-8-1-2-9(14-6-8)7-3-4-13-5-7/h1-2,6-7,10,13H,3-5H2/t7-/m1/s1. The van der Waals surface area contributed by atoms with Crippen molar-refractivity contribution in [2.75, 3.05) is 13.1 Å². The van der Waals surface area contributed by atoms with Crippen molar-refractivity contribution in [3.05, 3.63) is 24.0 Å². The number of alkyl halides is 2. The number of rotatable bonds is 3. The molecule has 1 atom stereocenters. The molecule has 1 aromatic rings. The van der Waals surface area contributed by atoms with E-state index in [0.29, 0.717) is 5.92 Å². The number of pyridine rings is 1. The Morgan fingerprint density at radius 1 is 1.47 bits per heavy atom. The normalized spacial score (nSPS) is 20.9. The van der Waals surface area contributed by atoms with Crippen molar-refractivity contribution in [2.24, 2.45) is 0 Å². The largest absolute Gasteiger partial charge is 0.433 e. The Kier molecular flexibility index (Phi) is 3.11. The minimum Gasteiger partial charge on any atom is -0.433 e. The van der Waals surface area contributed by atoms with Crippen molar-refractivity contribution in [1.82, 2.24) is 10.3 Å². The van der Waals surface area contributed by atoms with E-state index in [9.17, 15) is 8.78 Å². The third kappa shape index (κ3) is 2.62. The second-order valence-electron chi connectivity index (χ2n) is 3.49. The highest BCUT2D eigenvalue weighted by Crippen LogP contribution is 2.22. The molecule has 1 saturated heterocycles. The van der Waals surface area contributed by atoms with E-state index in [0.717, 1.165) is 25.2 Å². The molecule has 0 aliphatic carbocycles. The summed E-state index contributed by atoms with van der Waals surface area (Å²) in [4.78, 5) is 4.12. The van der Waals surface area contributed by atoms with Gasteiger partial charge in [-0.3, -0.25) is 4.98 Å². The van der Waals surface area contributed by atoms with Crippen LogP contribution in [0.1, 0.15) is 18.0 Å². The molecule has 15 heavy (non-hydrogen) atoms. The third-order valence-electron chi connectivity index (χ3n) is 2.46. The van der Waals surface area contributed by atoms with Crippen LogP contribution in [0.25, 0.3) is 0 Å². The van der Waals surface area contributed by atoms with Crippen molar-refractivity contribution in [3.8, 4) is 5.75 Å². The third-order valence-corrected chi connectivity index (χ3v) is 2.46. The second kappa shape index (κ2) is 4.53. The van der Waals surface area contributed by atoms with Gasteiger partial charge in [0, 0.05) is 18.2 Å². The van der Waals surface area contributed by atoms with Crippen molar-refractivity contribution in [3.63, 3.8) is 0 Å². The summed E-state index contributed by atoms with van der Waals surface area (Å²) in [6.07, 6.45) is 2.39. The Morgan fingerprint density at radius 3 is 2.87 bits per heavy atom.